The first-order chi connectivity index (χ1) is 32.8. The minimum Gasteiger partial charge on any atom is -0.453 e. The highest BCUT2D eigenvalue weighted by molar-refractivity contribution is 6.90. The SMILES string of the molecule is CC(C)(C)c1cc2c3c(c1)-n1c4ccc(C(C)(C)C)cc4c4cc(C(C)(C)C)cc(c41)B3n1c3ccc(C(C)(C)C)cc3c3c(-c4cccc(N5c6ccccc6Oc6ccccc65)c4)ccc-2c31. The molecule has 5 heterocycles. The molecule has 0 amide bonds. The minimum absolute atomic E-state index is 0.0147. The van der Waals surface area contributed by atoms with E-state index in [0.717, 1.165) is 28.6 Å². The average Bonchev–Trinajstić information content (AvgIpc) is 3.83. The molecule has 4 nitrogen and oxygen atoms in total. The fourth-order valence-electron chi connectivity index (χ4n) is 11.9. The minimum atomic E-state index is -0.0825. The highest BCUT2D eigenvalue weighted by Crippen LogP contribution is 2.52. The molecule has 0 radical (unpaired) electrons. The van der Waals surface area contributed by atoms with Gasteiger partial charge < -0.3 is 18.7 Å². The summed E-state index contributed by atoms with van der Waals surface area (Å²) in [6, 6.07) is 55.6. The third-order valence-electron chi connectivity index (χ3n) is 15.7. The Bertz CT molecular complexity index is 3830. The quantitative estimate of drug-likeness (QED) is 0.161. The molecule has 0 aliphatic carbocycles. The van der Waals surface area contributed by atoms with E-state index in [1.165, 1.54) is 105 Å². The third-order valence-corrected chi connectivity index (χ3v) is 15.7. The lowest BCUT2D eigenvalue weighted by atomic mass is 9.45. The van der Waals surface area contributed by atoms with Crippen LogP contribution in [0.25, 0.3) is 71.6 Å². The zero-order chi connectivity index (χ0) is 47.8. The maximum absolute atomic E-state index is 6.47. The second-order valence-electron chi connectivity index (χ2n) is 24.3. The van der Waals surface area contributed by atoms with Crippen molar-refractivity contribution in [3.63, 3.8) is 0 Å². The fraction of sp³-hybridized carbons (Fsp3) is 0.250. The highest BCUT2D eigenvalue weighted by atomic mass is 16.5. The van der Waals surface area contributed by atoms with Crippen molar-refractivity contribution in [3.8, 4) is 39.4 Å². The van der Waals surface area contributed by atoms with E-state index in [1.54, 1.807) is 0 Å². The lowest BCUT2D eigenvalue weighted by Crippen LogP contribution is -2.55. The van der Waals surface area contributed by atoms with Crippen LogP contribution in [0.3, 0.4) is 0 Å². The predicted octanol–water partition coefficient (Wildman–Crippen LogP) is 16.3. The fourth-order valence-corrected chi connectivity index (χ4v) is 11.9. The van der Waals surface area contributed by atoms with Crippen molar-refractivity contribution < 1.29 is 4.74 Å². The monoisotopic (exact) mass is 897 g/mol. The van der Waals surface area contributed by atoms with Crippen LogP contribution in [0.1, 0.15) is 105 Å². The summed E-state index contributed by atoms with van der Waals surface area (Å²) in [4.78, 5) is 2.36. The molecular weight excluding hydrogens is 838 g/mol. The molecule has 5 heteroatoms. The van der Waals surface area contributed by atoms with E-state index in [0.29, 0.717) is 0 Å². The number of aromatic nitrogens is 2. The maximum atomic E-state index is 6.47. The molecule has 10 aromatic rings. The standard InChI is InChI=1S/C64H60BN3O/c1-61(2,3)38-24-28-50-45(31-38)47-34-40(63(7,8)9)35-49-59(47)67(50)54-36-41(64(10,11)12)33-46-44-27-26-43(57-48-32-39(62(4,5)6)25-29-51(48)68(60(44)57)65(49)58(46)54)37-18-17-19-42(30-37)66-52-20-13-15-22-55(52)69-56-23-16-14-21-53(56)66/h13-36H,1-12H3. The van der Waals surface area contributed by atoms with Gasteiger partial charge >= 0.3 is 6.85 Å². The van der Waals surface area contributed by atoms with Crippen molar-refractivity contribution in [3.05, 3.63) is 168 Å². The Morgan fingerprint density at radius 1 is 0.420 bits per heavy atom. The summed E-state index contributed by atoms with van der Waals surface area (Å²) in [7, 11) is 0. The van der Waals surface area contributed by atoms with Crippen LogP contribution < -0.4 is 20.6 Å². The van der Waals surface area contributed by atoms with Gasteiger partial charge in [-0.15, -0.1) is 0 Å². The molecule has 69 heavy (non-hydrogen) atoms. The first-order valence-corrected chi connectivity index (χ1v) is 25.0. The van der Waals surface area contributed by atoms with Crippen LogP contribution in [-0.2, 0) is 21.7 Å². The van der Waals surface area contributed by atoms with Gasteiger partial charge in [0.2, 0.25) is 0 Å². The number of hydrogen-bond donors (Lipinski definition) is 0. The number of anilines is 3. The molecule has 0 unspecified atom stereocenters. The highest BCUT2D eigenvalue weighted by Gasteiger charge is 2.43. The van der Waals surface area contributed by atoms with E-state index in [9.17, 15) is 0 Å². The molecule has 2 aromatic heterocycles. The van der Waals surface area contributed by atoms with Crippen LogP contribution in [0, 0.1) is 0 Å². The summed E-state index contributed by atoms with van der Waals surface area (Å²) in [5.74, 6) is 1.71. The molecule has 0 saturated carbocycles. The van der Waals surface area contributed by atoms with Crippen LogP contribution in [0.2, 0.25) is 0 Å². The van der Waals surface area contributed by atoms with E-state index in [2.05, 4.69) is 243 Å². The van der Waals surface area contributed by atoms with Gasteiger partial charge in [-0.3, -0.25) is 0 Å². The molecule has 3 aliphatic rings. The summed E-state index contributed by atoms with van der Waals surface area (Å²) in [5, 5.41) is 5.29. The van der Waals surface area contributed by atoms with Crippen molar-refractivity contribution in [2.75, 3.05) is 4.90 Å². The van der Waals surface area contributed by atoms with E-state index in [4.69, 9.17) is 4.74 Å². The Balaban J connectivity index is 1.16. The topological polar surface area (TPSA) is 22.3 Å². The van der Waals surface area contributed by atoms with Gasteiger partial charge in [0.15, 0.2) is 11.5 Å². The molecule has 8 aromatic carbocycles. The van der Waals surface area contributed by atoms with Crippen LogP contribution in [0.15, 0.2) is 146 Å². The Morgan fingerprint density at radius 2 is 1.00 bits per heavy atom. The first kappa shape index (κ1) is 42.2. The number of nitrogens with zero attached hydrogens (tertiary/aromatic N) is 3. The molecule has 0 saturated heterocycles. The van der Waals surface area contributed by atoms with Gasteiger partial charge in [0.25, 0.3) is 0 Å². The molecule has 0 atom stereocenters. The summed E-state index contributed by atoms with van der Waals surface area (Å²) in [5.41, 5.74) is 22.7. The molecule has 0 spiro atoms. The second-order valence-corrected chi connectivity index (χ2v) is 24.3. The number of fused-ring (bicyclic) bond motifs is 12. The Morgan fingerprint density at radius 3 is 1.65 bits per heavy atom. The Labute approximate surface area is 407 Å². The van der Waals surface area contributed by atoms with Crippen molar-refractivity contribution in [1.29, 1.82) is 0 Å². The Hall–Kier alpha value is -6.98. The number of hydrogen-bond acceptors (Lipinski definition) is 2. The van der Waals surface area contributed by atoms with E-state index >= 15 is 0 Å². The molecule has 0 fully saturated rings. The number of benzene rings is 8. The van der Waals surface area contributed by atoms with Crippen LogP contribution in [0.4, 0.5) is 17.1 Å². The zero-order valence-corrected chi connectivity index (χ0v) is 42.2. The molecule has 3 aliphatic heterocycles. The summed E-state index contributed by atoms with van der Waals surface area (Å²) in [6.45, 7) is 28.2. The molecule has 340 valence electrons. The lowest BCUT2D eigenvalue weighted by Gasteiger charge is -2.36. The largest absolute Gasteiger partial charge is 0.453 e. The molecule has 0 bridgehead atoms. The molecular formula is C64H60BN3O. The van der Waals surface area contributed by atoms with Gasteiger partial charge in [0, 0.05) is 49.5 Å². The van der Waals surface area contributed by atoms with Gasteiger partial charge in [-0.05, 0) is 144 Å². The van der Waals surface area contributed by atoms with Crippen molar-refractivity contribution >= 4 is 78.4 Å². The number of ether oxygens (including phenoxy) is 1. The number of para-hydroxylation sites is 4. The van der Waals surface area contributed by atoms with Gasteiger partial charge in [0.1, 0.15) is 0 Å². The van der Waals surface area contributed by atoms with Crippen molar-refractivity contribution in [1.82, 2.24) is 9.05 Å². The maximum Gasteiger partial charge on any atom is 0.333 e. The average molecular weight is 898 g/mol. The van der Waals surface area contributed by atoms with Crippen LogP contribution >= 0.6 is 0 Å². The number of rotatable bonds is 2. The lowest BCUT2D eigenvalue weighted by molar-refractivity contribution is 0.477. The van der Waals surface area contributed by atoms with Crippen molar-refractivity contribution in [2.45, 2.75) is 105 Å². The molecule has 0 N–H and O–H groups in total. The van der Waals surface area contributed by atoms with Crippen molar-refractivity contribution in [2.24, 2.45) is 0 Å². The van der Waals surface area contributed by atoms with Gasteiger partial charge in [-0.1, -0.05) is 156 Å². The van der Waals surface area contributed by atoms with Crippen LogP contribution in [0.5, 0.6) is 11.5 Å². The third kappa shape index (κ3) is 6.01. The zero-order valence-electron chi connectivity index (χ0n) is 42.2. The predicted molar refractivity (Wildman–Crippen MR) is 295 cm³/mol. The van der Waals surface area contributed by atoms with Gasteiger partial charge in [-0.25, -0.2) is 0 Å². The summed E-state index contributed by atoms with van der Waals surface area (Å²) in [6.07, 6.45) is 0. The summed E-state index contributed by atoms with van der Waals surface area (Å²) >= 11 is 0. The smallest absolute Gasteiger partial charge is 0.333 e. The normalized spacial score (nSPS) is 14.1. The van der Waals surface area contributed by atoms with Gasteiger partial charge in [-0.2, -0.15) is 0 Å². The molecule has 13 rings (SSSR count). The summed E-state index contributed by atoms with van der Waals surface area (Å²) < 4.78 is 11.9. The first-order valence-electron chi connectivity index (χ1n) is 25.0. The second kappa shape index (κ2) is 13.8. The van der Waals surface area contributed by atoms with E-state index in [-0.39, 0.29) is 28.5 Å². The van der Waals surface area contributed by atoms with Gasteiger partial charge in [0.05, 0.1) is 22.4 Å². The van der Waals surface area contributed by atoms with E-state index < -0.39 is 0 Å². The van der Waals surface area contributed by atoms with E-state index in [1.807, 2.05) is 0 Å². The van der Waals surface area contributed by atoms with Crippen LogP contribution in [-0.4, -0.2) is 15.9 Å². The Kier molecular flexibility index (Phi) is 8.46.